The molecule has 0 fully saturated rings. The fraction of sp³-hybridized carbons (Fsp3) is 0.455. The van der Waals surface area contributed by atoms with Gasteiger partial charge in [-0.05, 0) is 43.3 Å². The molecule has 1 rings (SSSR count). The van der Waals surface area contributed by atoms with Gasteiger partial charge in [0.25, 0.3) is 0 Å². The van der Waals surface area contributed by atoms with Crippen LogP contribution in [0.3, 0.4) is 0 Å². The molecular formula is C11H16BrNS. The van der Waals surface area contributed by atoms with E-state index in [2.05, 4.69) is 40.2 Å². The van der Waals surface area contributed by atoms with Gasteiger partial charge in [-0.1, -0.05) is 28.4 Å². The number of benzene rings is 1. The molecule has 0 bridgehead atoms. The molecule has 0 unspecified atom stereocenters. The second kappa shape index (κ2) is 7.32. The van der Waals surface area contributed by atoms with E-state index in [1.54, 1.807) is 0 Å². The van der Waals surface area contributed by atoms with E-state index in [0.29, 0.717) is 0 Å². The first-order valence-electron chi connectivity index (χ1n) is 4.91. The van der Waals surface area contributed by atoms with E-state index in [9.17, 15) is 0 Å². The van der Waals surface area contributed by atoms with Gasteiger partial charge in [-0.3, -0.25) is 0 Å². The Bertz CT molecular complexity index is 265. The average Bonchev–Trinajstić information content (AvgIpc) is 2.18. The van der Waals surface area contributed by atoms with Crippen LogP contribution in [0.25, 0.3) is 0 Å². The summed E-state index contributed by atoms with van der Waals surface area (Å²) in [6.45, 7) is 0.821. The highest BCUT2D eigenvalue weighted by molar-refractivity contribution is 9.10. The normalized spacial score (nSPS) is 10.4. The molecule has 78 valence electrons. The van der Waals surface area contributed by atoms with E-state index in [0.717, 1.165) is 17.4 Å². The fourth-order valence-electron chi connectivity index (χ4n) is 1.17. The molecule has 2 N–H and O–H groups in total. The minimum absolute atomic E-state index is 0.821. The molecule has 0 aliphatic carbocycles. The molecule has 0 aliphatic heterocycles. The predicted molar refractivity (Wildman–Crippen MR) is 67.8 cm³/mol. The third kappa shape index (κ3) is 5.03. The second-order valence-corrected chi connectivity index (χ2v) is 5.24. The maximum atomic E-state index is 5.43. The van der Waals surface area contributed by atoms with Crippen molar-refractivity contribution in [2.24, 2.45) is 5.73 Å². The van der Waals surface area contributed by atoms with Crippen molar-refractivity contribution >= 4 is 27.7 Å². The highest BCUT2D eigenvalue weighted by atomic mass is 79.9. The lowest BCUT2D eigenvalue weighted by atomic mass is 10.2. The van der Waals surface area contributed by atoms with E-state index in [1.165, 1.54) is 23.5 Å². The summed E-state index contributed by atoms with van der Waals surface area (Å²) in [5.41, 5.74) is 5.43. The Morgan fingerprint density at radius 3 is 2.79 bits per heavy atom. The van der Waals surface area contributed by atoms with Crippen LogP contribution in [0.5, 0.6) is 0 Å². The van der Waals surface area contributed by atoms with Gasteiger partial charge in [0.1, 0.15) is 0 Å². The van der Waals surface area contributed by atoms with Crippen LogP contribution in [0.4, 0.5) is 0 Å². The third-order valence-corrected chi connectivity index (χ3v) is 3.49. The molecule has 0 aromatic heterocycles. The van der Waals surface area contributed by atoms with Crippen LogP contribution < -0.4 is 5.73 Å². The van der Waals surface area contributed by atoms with E-state index < -0.39 is 0 Å². The largest absolute Gasteiger partial charge is 0.330 e. The Labute approximate surface area is 98.6 Å². The van der Waals surface area contributed by atoms with Crippen molar-refractivity contribution in [3.05, 3.63) is 28.7 Å². The van der Waals surface area contributed by atoms with Crippen molar-refractivity contribution in [1.29, 1.82) is 0 Å². The third-order valence-electron chi connectivity index (χ3n) is 1.91. The number of rotatable bonds is 6. The minimum atomic E-state index is 0.821. The first-order chi connectivity index (χ1) is 6.83. The van der Waals surface area contributed by atoms with E-state index >= 15 is 0 Å². The van der Waals surface area contributed by atoms with Crippen LogP contribution >= 0.6 is 27.7 Å². The van der Waals surface area contributed by atoms with Gasteiger partial charge in [-0.2, -0.15) is 0 Å². The highest BCUT2D eigenvalue weighted by Gasteiger charge is 1.94. The van der Waals surface area contributed by atoms with E-state index in [1.807, 2.05) is 11.8 Å². The smallest absolute Gasteiger partial charge is 0.0186 e. The lowest BCUT2D eigenvalue weighted by Gasteiger charge is -2.01. The minimum Gasteiger partial charge on any atom is -0.330 e. The maximum absolute atomic E-state index is 5.43. The van der Waals surface area contributed by atoms with Crippen molar-refractivity contribution in [2.75, 3.05) is 12.3 Å². The van der Waals surface area contributed by atoms with Crippen LogP contribution in [0.15, 0.2) is 33.6 Å². The van der Waals surface area contributed by atoms with Crippen LogP contribution in [0.2, 0.25) is 0 Å². The predicted octanol–water partition coefficient (Wildman–Crippen LogP) is 3.67. The zero-order chi connectivity index (χ0) is 10.2. The SMILES string of the molecule is NCCCCCSc1cccc(Br)c1. The van der Waals surface area contributed by atoms with Crippen LogP contribution in [-0.2, 0) is 0 Å². The topological polar surface area (TPSA) is 26.0 Å². The van der Waals surface area contributed by atoms with Gasteiger partial charge >= 0.3 is 0 Å². The summed E-state index contributed by atoms with van der Waals surface area (Å²) in [5.74, 6) is 1.19. The van der Waals surface area contributed by atoms with Crippen molar-refractivity contribution in [3.63, 3.8) is 0 Å². The van der Waals surface area contributed by atoms with Gasteiger partial charge in [0, 0.05) is 9.37 Å². The van der Waals surface area contributed by atoms with Crippen molar-refractivity contribution in [2.45, 2.75) is 24.2 Å². The zero-order valence-electron chi connectivity index (χ0n) is 8.21. The Morgan fingerprint density at radius 2 is 2.07 bits per heavy atom. The van der Waals surface area contributed by atoms with Gasteiger partial charge in [0.2, 0.25) is 0 Å². The van der Waals surface area contributed by atoms with Gasteiger partial charge in [0.15, 0.2) is 0 Å². The summed E-state index contributed by atoms with van der Waals surface area (Å²) in [5, 5.41) is 0. The number of hydrogen-bond acceptors (Lipinski definition) is 2. The number of unbranched alkanes of at least 4 members (excludes halogenated alkanes) is 2. The number of hydrogen-bond donors (Lipinski definition) is 1. The molecule has 1 nitrogen and oxygen atoms in total. The molecule has 0 aliphatic rings. The van der Waals surface area contributed by atoms with Crippen LogP contribution in [0.1, 0.15) is 19.3 Å². The first kappa shape index (κ1) is 12.1. The van der Waals surface area contributed by atoms with E-state index in [4.69, 9.17) is 5.73 Å². The Hall–Kier alpha value is 0.01000. The first-order valence-corrected chi connectivity index (χ1v) is 6.69. The fourth-order valence-corrected chi connectivity index (χ4v) is 2.69. The maximum Gasteiger partial charge on any atom is 0.0186 e. The number of halogens is 1. The summed E-state index contributed by atoms with van der Waals surface area (Å²) < 4.78 is 1.16. The summed E-state index contributed by atoms with van der Waals surface area (Å²) in [6, 6.07) is 8.44. The van der Waals surface area contributed by atoms with Crippen molar-refractivity contribution < 1.29 is 0 Å². The molecule has 0 amide bonds. The second-order valence-electron chi connectivity index (χ2n) is 3.16. The highest BCUT2D eigenvalue weighted by Crippen LogP contribution is 2.22. The number of thioether (sulfide) groups is 1. The summed E-state index contributed by atoms with van der Waals surface area (Å²) in [6.07, 6.45) is 3.66. The summed E-state index contributed by atoms with van der Waals surface area (Å²) in [4.78, 5) is 1.34. The Kier molecular flexibility index (Phi) is 6.32. The lowest BCUT2D eigenvalue weighted by molar-refractivity contribution is 0.732. The lowest BCUT2D eigenvalue weighted by Crippen LogP contribution is -1.97. The number of nitrogens with two attached hydrogens (primary N) is 1. The average molecular weight is 274 g/mol. The van der Waals surface area contributed by atoms with Gasteiger partial charge < -0.3 is 5.73 Å². The van der Waals surface area contributed by atoms with Crippen molar-refractivity contribution in [3.8, 4) is 0 Å². The van der Waals surface area contributed by atoms with Crippen molar-refractivity contribution in [1.82, 2.24) is 0 Å². The standard InChI is InChI=1S/C11H16BrNS/c12-10-5-4-6-11(9-10)14-8-3-1-2-7-13/h4-6,9H,1-3,7-8,13H2. The zero-order valence-corrected chi connectivity index (χ0v) is 10.6. The molecule has 3 heteroatoms. The summed E-state index contributed by atoms with van der Waals surface area (Å²) >= 11 is 5.38. The van der Waals surface area contributed by atoms with Crippen LogP contribution in [-0.4, -0.2) is 12.3 Å². The van der Waals surface area contributed by atoms with Gasteiger partial charge in [-0.25, -0.2) is 0 Å². The monoisotopic (exact) mass is 273 g/mol. The van der Waals surface area contributed by atoms with E-state index in [-0.39, 0.29) is 0 Å². The molecule has 1 aromatic rings. The Balaban J connectivity index is 2.18. The van der Waals surface area contributed by atoms with Gasteiger partial charge in [-0.15, -0.1) is 11.8 Å². The molecule has 0 saturated heterocycles. The van der Waals surface area contributed by atoms with Gasteiger partial charge in [0.05, 0.1) is 0 Å². The molecule has 14 heavy (non-hydrogen) atoms. The van der Waals surface area contributed by atoms with Crippen LogP contribution in [0, 0.1) is 0 Å². The molecule has 0 saturated carbocycles. The quantitative estimate of drug-likeness (QED) is 0.632. The molecule has 0 spiro atoms. The molecule has 0 radical (unpaired) electrons. The molecule has 0 heterocycles. The summed E-state index contributed by atoms with van der Waals surface area (Å²) in [7, 11) is 0. The molecule has 0 atom stereocenters. The Morgan fingerprint density at radius 1 is 1.21 bits per heavy atom. The molecule has 1 aromatic carbocycles. The molecular weight excluding hydrogens is 258 g/mol.